The lowest BCUT2D eigenvalue weighted by Crippen LogP contribution is -2.20. The van der Waals surface area contributed by atoms with Gasteiger partial charge in [-0.15, -0.1) is 0 Å². The largest absolute Gasteiger partial charge is 0.508 e. The molecule has 5 rings (SSSR count). The van der Waals surface area contributed by atoms with Crippen molar-refractivity contribution in [3.8, 4) is 5.75 Å². The summed E-state index contributed by atoms with van der Waals surface area (Å²) in [4.78, 5) is 16.7. The molecule has 1 aliphatic carbocycles. The number of carbonyl (C=O) groups excluding carboxylic acids is 1. The summed E-state index contributed by atoms with van der Waals surface area (Å²) < 4.78 is 0. The Hall–Kier alpha value is -3.67. The lowest BCUT2D eigenvalue weighted by Gasteiger charge is -2.35. The van der Waals surface area contributed by atoms with Crippen molar-refractivity contribution in [3.05, 3.63) is 83.7 Å². The summed E-state index contributed by atoms with van der Waals surface area (Å²) >= 11 is 0. The molecule has 0 bridgehead atoms. The van der Waals surface area contributed by atoms with Crippen LogP contribution in [0.25, 0.3) is 10.9 Å². The van der Waals surface area contributed by atoms with E-state index in [1.807, 2.05) is 48.5 Å². The van der Waals surface area contributed by atoms with Gasteiger partial charge in [0.25, 0.3) is 0 Å². The van der Waals surface area contributed by atoms with Crippen molar-refractivity contribution >= 4 is 22.6 Å². The van der Waals surface area contributed by atoms with Gasteiger partial charge in [-0.2, -0.15) is 5.10 Å². The molecular weight excluding hydrogens is 376 g/mol. The first-order valence-electron chi connectivity index (χ1n) is 10.1. The molecule has 1 fully saturated rings. The second kappa shape index (κ2) is 7.63. The van der Waals surface area contributed by atoms with Gasteiger partial charge in [-0.05, 0) is 60.2 Å². The van der Waals surface area contributed by atoms with E-state index in [1.165, 1.54) is 5.56 Å². The van der Waals surface area contributed by atoms with E-state index in [-0.39, 0.29) is 12.3 Å². The number of phenols is 1. The number of amides is 1. The summed E-state index contributed by atoms with van der Waals surface area (Å²) in [7, 11) is 0. The molecule has 4 aromatic rings. The maximum atomic E-state index is 12.4. The first-order valence-corrected chi connectivity index (χ1v) is 10.1. The zero-order chi connectivity index (χ0) is 20.5. The SMILES string of the molecule is O=C(Cc1ccc2ncccc2c1)Nc1cc(C2CC(c3cccc(O)c3)C2)[nH]n1. The molecule has 2 aromatic carbocycles. The number of aromatic nitrogens is 3. The molecule has 0 spiro atoms. The number of aromatic hydroxyl groups is 1. The van der Waals surface area contributed by atoms with Gasteiger partial charge in [0.1, 0.15) is 5.75 Å². The molecule has 2 aromatic heterocycles. The molecule has 0 aliphatic heterocycles. The monoisotopic (exact) mass is 398 g/mol. The molecular formula is C24H22N4O2. The molecule has 1 aliphatic rings. The molecule has 0 unspecified atom stereocenters. The number of rotatable bonds is 5. The second-order valence-corrected chi connectivity index (χ2v) is 7.92. The third-order valence-corrected chi connectivity index (χ3v) is 5.82. The minimum Gasteiger partial charge on any atom is -0.508 e. The lowest BCUT2D eigenvalue weighted by atomic mass is 9.70. The standard InChI is InChI=1S/C24H22N4O2/c29-20-5-1-3-16(13-20)18-11-19(12-18)22-14-23(28-27-22)26-24(30)10-15-6-7-21-17(9-15)4-2-8-25-21/h1-9,13-14,18-19,29H,10-12H2,(H2,26,27,28,30). The Bertz CT molecular complexity index is 1210. The third-order valence-electron chi connectivity index (χ3n) is 5.82. The molecule has 0 atom stereocenters. The predicted molar refractivity (Wildman–Crippen MR) is 115 cm³/mol. The van der Waals surface area contributed by atoms with Crippen LogP contribution in [0.3, 0.4) is 0 Å². The van der Waals surface area contributed by atoms with Crippen LogP contribution in [0, 0.1) is 0 Å². The third kappa shape index (κ3) is 3.76. The smallest absolute Gasteiger partial charge is 0.229 e. The van der Waals surface area contributed by atoms with E-state index in [1.54, 1.807) is 12.3 Å². The predicted octanol–water partition coefficient (Wildman–Crippen LogP) is 4.51. The molecule has 1 saturated carbocycles. The number of aromatic amines is 1. The van der Waals surface area contributed by atoms with E-state index in [0.717, 1.165) is 35.0 Å². The number of nitrogens with one attached hydrogen (secondary N) is 2. The molecule has 2 heterocycles. The van der Waals surface area contributed by atoms with Crippen LogP contribution in [0.5, 0.6) is 5.75 Å². The van der Waals surface area contributed by atoms with Crippen molar-refractivity contribution in [1.82, 2.24) is 15.2 Å². The highest BCUT2D eigenvalue weighted by atomic mass is 16.3. The number of hydrogen-bond acceptors (Lipinski definition) is 4. The fraction of sp³-hybridized carbons (Fsp3) is 0.208. The number of fused-ring (bicyclic) bond motifs is 1. The second-order valence-electron chi connectivity index (χ2n) is 7.92. The number of pyridine rings is 1. The van der Waals surface area contributed by atoms with Crippen molar-refractivity contribution in [2.75, 3.05) is 5.32 Å². The molecule has 30 heavy (non-hydrogen) atoms. The van der Waals surface area contributed by atoms with Crippen molar-refractivity contribution in [2.24, 2.45) is 0 Å². The number of phenolic OH excluding ortho intramolecular Hbond substituents is 1. The highest BCUT2D eigenvalue weighted by Crippen LogP contribution is 2.47. The van der Waals surface area contributed by atoms with Crippen LogP contribution in [-0.4, -0.2) is 26.2 Å². The van der Waals surface area contributed by atoms with Crippen molar-refractivity contribution in [3.63, 3.8) is 0 Å². The van der Waals surface area contributed by atoms with Crippen LogP contribution in [0.1, 0.15) is 41.5 Å². The topological polar surface area (TPSA) is 90.9 Å². The number of carbonyl (C=O) groups is 1. The minimum absolute atomic E-state index is 0.0949. The molecule has 3 N–H and O–H groups in total. The van der Waals surface area contributed by atoms with E-state index in [9.17, 15) is 9.90 Å². The normalized spacial score (nSPS) is 18.1. The Balaban J connectivity index is 1.18. The number of benzene rings is 2. The van der Waals surface area contributed by atoms with E-state index in [0.29, 0.717) is 23.4 Å². The summed E-state index contributed by atoms with van der Waals surface area (Å²) in [6, 6.07) is 19.1. The van der Waals surface area contributed by atoms with Gasteiger partial charge in [0.2, 0.25) is 5.91 Å². The zero-order valence-corrected chi connectivity index (χ0v) is 16.4. The highest BCUT2D eigenvalue weighted by Gasteiger charge is 2.32. The van der Waals surface area contributed by atoms with Gasteiger partial charge in [0.05, 0.1) is 11.9 Å². The van der Waals surface area contributed by atoms with Gasteiger partial charge < -0.3 is 10.4 Å². The van der Waals surface area contributed by atoms with E-state index >= 15 is 0 Å². The van der Waals surface area contributed by atoms with Crippen LogP contribution in [-0.2, 0) is 11.2 Å². The van der Waals surface area contributed by atoms with E-state index < -0.39 is 0 Å². The quantitative estimate of drug-likeness (QED) is 0.461. The summed E-state index contributed by atoms with van der Waals surface area (Å²) in [5.41, 5.74) is 4.07. The summed E-state index contributed by atoms with van der Waals surface area (Å²) in [5.74, 6) is 1.61. The molecule has 6 heteroatoms. The fourth-order valence-electron chi connectivity index (χ4n) is 4.14. The molecule has 0 saturated heterocycles. The zero-order valence-electron chi connectivity index (χ0n) is 16.4. The van der Waals surface area contributed by atoms with Crippen molar-refractivity contribution in [2.45, 2.75) is 31.1 Å². The van der Waals surface area contributed by atoms with Gasteiger partial charge in [-0.25, -0.2) is 0 Å². The lowest BCUT2D eigenvalue weighted by molar-refractivity contribution is -0.115. The van der Waals surface area contributed by atoms with Gasteiger partial charge in [-0.1, -0.05) is 24.3 Å². The van der Waals surface area contributed by atoms with E-state index in [2.05, 4.69) is 26.6 Å². The summed E-state index contributed by atoms with van der Waals surface area (Å²) in [5, 5.41) is 20.9. The van der Waals surface area contributed by atoms with Crippen LogP contribution < -0.4 is 5.32 Å². The van der Waals surface area contributed by atoms with Gasteiger partial charge in [0, 0.05) is 29.3 Å². The van der Waals surface area contributed by atoms with Crippen molar-refractivity contribution < 1.29 is 9.90 Å². The van der Waals surface area contributed by atoms with Crippen LogP contribution >= 0.6 is 0 Å². The Kier molecular flexibility index (Phi) is 4.67. The molecule has 0 radical (unpaired) electrons. The first-order chi connectivity index (χ1) is 14.6. The van der Waals surface area contributed by atoms with Crippen LogP contribution in [0.2, 0.25) is 0 Å². The Morgan fingerprint density at radius 1 is 1.07 bits per heavy atom. The van der Waals surface area contributed by atoms with Gasteiger partial charge in [0.15, 0.2) is 5.82 Å². The number of anilines is 1. The Morgan fingerprint density at radius 3 is 2.83 bits per heavy atom. The Labute approximate surface area is 174 Å². The average molecular weight is 398 g/mol. The van der Waals surface area contributed by atoms with Crippen LogP contribution in [0.15, 0.2) is 66.9 Å². The Morgan fingerprint density at radius 2 is 1.97 bits per heavy atom. The minimum atomic E-state index is -0.0949. The molecule has 6 nitrogen and oxygen atoms in total. The van der Waals surface area contributed by atoms with Gasteiger partial charge in [-0.3, -0.25) is 14.9 Å². The van der Waals surface area contributed by atoms with E-state index in [4.69, 9.17) is 0 Å². The first kappa shape index (κ1) is 18.4. The summed E-state index contributed by atoms with van der Waals surface area (Å²) in [6.45, 7) is 0. The average Bonchev–Trinajstić information content (AvgIpc) is 3.14. The highest BCUT2D eigenvalue weighted by molar-refractivity contribution is 5.92. The molecule has 150 valence electrons. The maximum Gasteiger partial charge on any atom is 0.229 e. The van der Waals surface area contributed by atoms with Gasteiger partial charge >= 0.3 is 0 Å². The molecule has 1 amide bonds. The van der Waals surface area contributed by atoms with Crippen molar-refractivity contribution in [1.29, 1.82) is 0 Å². The summed E-state index contributed by atoms with van der Waals surface area (Å²) in [6.07, 6.45) is 4.06. The number of H-pyrrole nitrogens is 1. The maximum absolute atomic E-state index is 12.4. The number of nitrogens with zero attached hydrogens (tertiary/aromatic N) is 2. The van der Waals surface area contributed by atoms with Crippen LogP contribution in [0.4, 0.5) is 5.82 Å². The number of hydrogen-bond donors (Lipinski definition) is 3. The fourth-order valence-corrected chi connectivity index (χ4v) is 4.14.